The summed E-state index contributed by atoms with van der Waals surface area (Å²) in [6.07, 6.45) is 5.30. The average molecular weight is 950 g/mol. The fraction of sp³-hybridized carbons (Fsp3) is 0.388. The number of carbonyl (C=O) groups is 1. The van der Waals surface area contributed by atoms with Gasteiger partial charge in [-0.15, -0.1) is 0 Å². The van der Waals surface area contributed by atoms with Gasteiger partial charge in [-0.25, -0.2) is 18.1 Å². The van der Waals surface area contributed by atoms with Gasteiger partial charge in [-0.1, -0.05) is 43.2 Å². The van der Waals surface area contributed by atoms with Gasteiger partial charge in [0.05, 0.1) is 76.9 Å². The third-order valence-corrected chi connectivity index (χ3v) is 15.1. The number of sulfonamides is 1. The molecule has 10 rings (SSSR count). The second-order valence-corrected chi connectivity index (χ2v) is 20.7. The number of ether oxygens (including phenoxy) is 3. The first kappa shape index (κ1) is 45.0. The Balaban J connectivity index is 0.962. The molecule has 0 radical (unpaired) electrons. The van der Waals surface area contributed by atoms with Crippen LogP contribution in [-0.2, 0) is 37.3 Å². The van der Waals surface area contributed by atoms with Crippen molar-refractivity contribution < 1.29 is 32.3 Å². The molecule has 3 N–H and O–H groups in total. The topological polar surface area (TPSA) is 186 Å². The lowest BCUT2D eigenvalue weighted by molar-refractivity contribution is -0.384. The number of aromatic nitrogens is 3. The SMILES string of the molecule is CC1(C)CCC(CN2CCN(c3ccc(C(=O)NS(=O)(=O)c4ccc(NC[C@H]5COCCO5)c([N+](=O)[O-])c4)c(-n4c5c(c6nc7[nH]ccc7cc64)CCOC5)c3)CC2)=C(c2ccc(Cl)cc2)C1. The zero-order valence-corrected chi connectivity index (χ0v) is 39.1. The minimum Gasteiger partial charge on any atom is -0.377 e. The van der Waals surface area contributed by atoms with Gasteiger partial charge < -0.3 is 34.0 Å². The molecule has 1 atom stereocenters. The molecule has 1 amide bonds. The Bertz CT molecular complexity index is 3020. The van der Waals surface area contributed by atoms with E-state index in [0.717, 1.165) is 102 Å². The molecule has 0 bridgehead atoms. The van der Waals surface area contributed by atoms with Gasteiger partial charge in [0.15, 0.2) is 0 Å². The molecule has 16 nitrogen and oxygen atoms in total. The highest BCUT2D eigenvalue weighted by atomic mass is 35.5. The number of anilines is 2. The summed E-state index contributed by atoms with van der Waals surface area (Å²) < 4.78 is 49.4. The zero-order chi connectivity index (χ0) is 46.5. The number of rotatable bonds is 12. The lowest BCUT2D eigenvalue weighted by Gasteiger charge is -2.39. The molecule has 18 heteroatoms. The summed E-state index contributed by atoms with van der Waals surface area (Å²) in [5.41, 5.74) is 9.49. The van der Waals surface area contributed by atoms with Crippen LogP contribution >= 0.6 is 11.6 Å². The molecule has 3 aromatic heterocycles. The van der Waals surface area contributed by atoms with Crippen LogP contribution in [0.1, 0.15) is 60.3 Å². The Morgan fingerprint density at radius 3 is 2.58 bits per heavy atom. The number of hydrogen-bond donors (Lipinski definition) is 3. The highest BCUT2D eigenvalue weighted by Gasteiger charge is 2.32. The Labute approximate surface area is 393 Å². The number of nitro groups is 1. The maximum absolute atomic E-state index is 14.5. The Morgan fingerprint density at radius 1 is 0.985 bits per heavy atom. The molecule has 3 aromatic carbocycles. The number of aromatic amines is 1. The summed E-state index contributed by atoms with van der Waals surface area (Å²) in [6, 6.07) is 21.1. The van der Waals surface area contributed by atoms with Crippen molar-refractivity contribution in [2.24, 2.45) is 5.41 Å². The summed E-state index contributed by atoms with van der Waals surface area (Å²) in [7, 11) is -4.61. The molecule has 2 saturated heterocycles. The van der Waals surface area contributed by atoms with Crippen LogP contribution in [0.4, 0.5) is 17.1 Å². The van der Waals surface area contributed by atoms with Crippen molar-refractivity contribution in [1.82, 2.24) is 24.2 Å². The highest BCUT2D eigenvalue weighted by Crippen LogP contribution is 2.44. The predicted octanol–water partition coefficient (Wildman–Crippen LogP) is 7.87. The predicted molar refractivity (Wildman–Crippen MR) is 258 cm³/mol. The maximum atomic E-state index is 14.5. The minimum absolute atomic E-state index is 0.0924. The second kappa shape index (κ2) is 18.3. The van der Waals surface area contributed by atoms with Crippen molar-refractivity contribution in [3.63, 3.8) is 0 Å². The number of halogens is 1. The van der Waals surface area contributed by atoms with Gasteiger partial charge in [0.1, 0.15) is 11.3 Å². The zero-order valence-electron chi connectivity index (χ0n) is 37.5. The molecular formula is C49H53ClN8O8S. The normalized spacial score (nSPS) is 19.1. The fourth-order valence-corrected chi connectivity index (χ4v) is 11.0. The number of nitrogens with zero attached hydrogens (tertiary/aromatic N) is 5. The van der Waals surface area contributed by atoms with E-state index in [4.69, 9.17) is 30.8 Å². The number of nitro benzene ring substituents is 1. The van der Waals surface area contributed by atoms with E-state index in [1.807, 2.05) is 47.2 Å². The molecular weight excluding hydrogens is 896 g/mol. The van der Waals surface area contributed by atoms with Crippen molar-refractivity contribution in [3.8, 4) is 5.69 Å². The fourth-order valence-electron chi connectivity index (χ4n) is 9.90. The van der Waals surface area contributed by atoms with Gasteiger partial charge in [-0.05, 0) is 96.8 Å². The smallest absolute Gasteiger partial charge is 0.293 e. The molecule has 4 aliphatic rings. The first-order valence-electron chi connectivity index (χ1n) is 22.8. The van der Waals surface area contributed by atoms with Crippen molar-refractivity contribution in [1.29, 1.82) is 0 Å². The molecule has 0 unspecified atom stereocenters. The second-order valence-electron chi connectivity index (χ2n) is 18.5. The van der Waals surface area contributed by atoms with E-state index in [1.54, 1.807) is 6.07 Å². The number of benzene rings is 3. The van der Waals surface area contributed by atoms with Crippen LogP contribution in [0, 0.1) is 15.5 Å². The molecule has 6 aromatic rings. The van der Waals surface area contributed by atoms with Gasteiger partial charge in [0, 0.05) is 73.2 Å². The van der Waals surface area contributed by atoms with Crippen LogP contribution in [0.3, 0.4) is 0 Å². The first-order chi connectivity index (χ1) is 32.3. The summed E-state index contributed by atoms with van der Waals surface area (Å²) in [6.45, 7) is 10.9. The van der Waals surface area contributed by atoms with Crippen LogP contribution in [0.5, 0.6) is 0 Å². The van der Waals surface area contributed by atoms with Gasteiger partial charge in [-0.3, -0.25) is 19.8 Å². The van der Waals surface area contributed by atoms with Crippen LogP contribution in [0.15, 0.2) is 89.5 Å². The van der Waals surface area contributed by atoms with E-state index in [9.17, 15) is 23.3 Å². The molecule has 0 saturated carbocycles. The van der Waals surface area contributed by atoms with E-state index in [1.165, 1.54) is 28.8 Å². The number of piperazine rings is 1. The third-order valence-electron chi connectivity index (χ3n) is 13.5. The molecule has 1 aliphatic carbocycles. The van der Waals surface area contributed by atoms with Crippen LogP contribution in [-0.4, -0.2) is 110 Å². The number of pyridine rings is 1. The Kier molecular flexibility index (Phi) is 12.3. The van der Waals surface area contributed by atoms with E-state index in [-0.39, 0.29) is 35.9 Å². The number of H-pyrrole nitrogens is 1. The number of hydrogen-bond acceptors (Lipinski definition) is 12. The average Bonchev–Trinajstić information content (AvgIpc) is 3.92. The molecule has 2 fully saturated rings. The lowest BCUT2D eigenvalue weighted by atomic mass is 9.72. The molecule has 350 valence electrons. The third kappa shape index (κ3) is 9.28. The Morgan fingerprint density at radius 2 is 1.81 bits per heavy atom. The monoisotopic (exact) mass is 948 g/mol. The minimum atomic E-state index is -4.61. The van der Waals surface area contributed by atoms with Crippen LogP contribution in [0.2, 0.25) is 5.02 Å². The Hall–Kier alpha value is -5.82. The number of allylic oxidation sites excluding steroid dienone is 1. The number of carbonyl (C=O) groups excluding carboxylic acids is 1. The number of nitrogens with one attached hydrogen (secondary N) is 3. The first-order valence-corrected chi connectivity index (χ1v) is 24.6. The summed E-state index contributed by atoms with van der Waals surface area (Å²) in [4.78, 5) is 38.7. The standard InChI is InChI=1S/C49H53ClN8O8S/c1-49(2)14-11-33(40(26-49)31-3-5-34(50)6-4-31)28-55-16-18-56(19-17-55)35-7-9-39(42(24-35)57-44-23-32-12-15-51-47(32)53-46(44)38-13-20-64-30-45(38)57)48(59)54-67(62,63)37-8-10-41(43(25-37)58(60)61)52-27-36-29-65-21-22-66-36/h3-10,12,15,23-25,36,52H,11,13-14,16-22,26-30H2,1-2H3,(H,51,53)(H,54,59)/t36-/m0/s1. The van der Waals surface area contributed by atoms with E-state index in [2.05, 4.69) is 50.8 Å². The number of fused-ring (bicyclic) bond motifs is 4. The van der Waals surface area contributed by atoms with Crippen molar-refractivity contribution in [2.45, 2.75) is 57.1 Å². The van der Waals surface area contributed by atoms with Gasteiger partial charge in [0.2, 0.25) is 0 Å². The summed E-state index contributed by atoms with van der Waals surface area (Å²) in [5, 5.41) is 16.8. The molecule has 0 spiro atoms. The van der Waals surface area contributed by atoms with Crippen molar-refractivity contribution in [3.05, 3.63) is 122 Å². The molecule has 6 heterocycles. The lowest BCUT2D eigenvalue weighted by Crippen LogP contribution is -2.47. The van der Waals surface area contributed by atoms with Crippen LogP contribution < -0.4 is 14.9 Å². The highest BCUT2D eigenvalue weighted by molar-refractivity contribution is 7.90. The van der Waals surface area contributed by atoms with Gasteiger partial charge in [-0.2, -0.15) is 0 Å². The molecule has 3 aliphatic heterocycles. The van der Waals surface area contributed by atoms with E-state index in [0.29, 0.717) is 38.5 Å². The maximum Gasteiger partial charge on any atom is 0.293 e. The number of amides is 1. The molecule has 67 heavy (non-hydrogen) atoms. The summed E-state index contributed by atoms with van der Waals surface area (Å²) in [5.74, 6) is -0.894. The van der Waals surface area contributed by atoms with E-state index >= 15 is 0 Å². The summed E-state index contributed by atoms with van der Waals surface area (Å²) >= 11 is 6.28. The van der Waals surface area contributed by atoms with Gasteiger partial charge >= 0.3 is 0 Å². The van der Waals surface area contributed by atoms with Crippen LogP contribution in [0.25, 0.3) is 33.3 Å². The van der Waals surface area contributed by atoms with E-state index < -0.39 is 31.4 Å². The van der Waals surface area contributed by atoms with Crippen molar-refractivity contribution in [2.75, 3.05) is 75.9 Å². The largest absolute Gasteiger partial charge is 0.377 e. The van der Waals surface area contributed by atoms with Crippen molar-refractivity contribution >= 4 is 72.2 Å². The quantitative estimate of drug-likeness (QED) is 0.0798. The van der Waals surface area contributed by atoms with Gasteiger partial charge in [0.25, 0.3) is 21.6 Å².